The zero-order valence-corrected chi connectivity index (χ0v) is 18.3. The zero-order chi connectivity index (χ0) is 21.9. The van der Waals surface area contributed by atoms with Crippen molar-refractivity contribution in [2.24, 2.45) is 0 Å². The molecule has 0 radical (unpaired) electrons. The number of nitrogens with one attached hydrogen (secondary N) is 2. The van der Waals surface area contributed by atoms with E-state index >= 15 is 0 Å². The van der Waals surface area contributed by atoms with Crippen LogP contribution in [0.25, 0.3) is 0 Å². The number of aryl methyl sites for hydroxylation is 3. The predicted octanol–water partition coefficient (Wildman–Crippen LogP) is 2.52. The summed E-state index contributed by atoms with van der Waals surface area (Å²) in [5.74, 6) is -1.57. The molecule has 7 nitrogen and oxygen atoms in total. The van der Waals surface area contributed by atoms with Crippen LogP contribution < -0.4 is 10.6 Å². The van der Waals surface area contributed by atoms with Gasteiger partial charge in [0.1, 0.15) is 0 Å². The summed E-state index contributed by atoms with van der Waals surface area (Å²) in [4.78, 5) is 24.6. The van der Waals surface area contributed by atoms with E-state index in [1.807, 2.05) is 25.1 Å². The fourth-order valence-corrected chi connectivity index (χ4v) is 6.13. The Hall–Kier alpha value is -2.71. The number of rotatable bonds is 5. The quantitative estimate of drug-likeness (QED) is 0.714. The number of sulfonamides is 1. The van der Waals surface area contributed by atoms with E-state index in [1.165, 1.54) is 4.31 Å². The average Bonchev–Trinajstić information content (AvgIpc) is 3.15. The number of carbonyl (C=O) groups is 2. The molecule has 0 spiro atoms. The molecule has 1 heterocycles. The van der Waals surface area contributed by atoms with Crippen molar-refractivity contribution in [1.82, 2.24) is 9.62 Å². The minimum Gasteiger partial charge on any atom is -0.346 e. The third-order valence-corrected chi connectivity index (χ3v) is 7.49. The number of hydrogen-bond acceptors (Lipinski definition) is 4. The van der Waals surface area contributed by atoms with E-state index in [4.69, 9.17) is 0 Å². The molecule has 1 aliphatic heterocycles. The van der Waals surface area contributed by atoms with Crippen LogP contribution in [0.4, 0.5) is 5.69 Å². The van der Waals surface area contributed by atoms with Gasteiger partial charge in [0.25, 0.3) is 0 Å². The topological polar surface area (TPSA) is 95.6 Å². The number of carbonyl (C=O) groups excluding carboxylic acids is 2. The lowest BCUT2D eigenvalue weighted by atomic mass is 10.1. The molecule has 1 aliphatic rings. The largest absolute Gasteiger partial charge is 0.346 e. The van der Waals surface area contributed by atoms with Gasteiger partial charge in [-0.15, -0.1) is 0 Å². The van der Waals surface area contributed by atoms with Crippen LogP contribution in [0.2, 0.25) is 0 Å². The number of benzene rings is 2. The van der Waals surface area contributed by atoms with Crippen molar-refractivity contribution in [2.45, 2.75) is 44.6 Å². The highest BCUT2D eigenvalue weighted by Gasteiger charge is 2.37. The van der Waals surface area contributed by atoms with Crippen molar-refractivity contribution in [3.05, 3.63) is 59.2 Å². The fourth-order valence-electron chi connectivity index (χ4n) is 4.02. The lowest BCUT2D eigenvalue weighted by Crippen LogP contribution is -2.45. The van der Waals surface area contributed by atoms with Crippen molar-refractivity contribution in [3.63, 3.8) is 0 Å². The minimum atomic E-state index is -3.70. The van der Waals surface area contributed by atoms with Crippen LogP contribution in [-0.2, 0) is 19.6 Å². The van der Waals surface area contributed by atoms with E-state index < -0.39 is 21.8 Å². The van der Waals surface area contributed by atoms with E-state index in [9.17, 15) is 18.0 Å². The number of para-hydroxylation sites is 1. The van der Waals surface area contributed by atoms with E-state index in [0.717, 1.165) is 5.56 Å². The summed E-state index contributed by atoms with van der Waals surface area (Å²) < 4.78 is 28.2. The van der Waals surface area contributed by atoms with Crippen molar-refractivity contribution in [3.8, 4) is 0 Å². The summed E-state index contributed by atoms with van der Waals surface area (Å²) in [6.07, 6.45) is 1.34. The van der Waals surface area contributed by atoms with Gasteiger partial charge >= 0.3 is 11.8 Å². The second-order valence-corrected chi connectivity index (χ2v) is 9.50. The van der Waals surface area contributed by atoms with Crippen LogP contribution in [0.15, 0.2) is 47.4 Å². The fraction of sp³-hybridized carbons (Fsp3) is 0.364. The van der Waals surface area contributed by atoms with Crippen LogP contribution in [0.1, 0.15) is 29.5 Å². The maximum Gasteiger partial charge on any atom is 0.313 e. The van der Waals surface area contributed by atoms with Crippen LogP contribution in [0.3, 0.4) is 0 Å². The first-order valence-electron chi connectivity index (χ1n) is 9.94. The Morgan fingerprint density at radius 1 is 1.03 bits per heavy atom. The lowest BCUT2D eigenvalue weighted by molar-refractivity contribution is -0.136. The number of nitrogens with zero attached hydrogens (tertiary/aromatic N) is 1. The van der Waals surface area contributed by atoms with Crippen LogP contribution in [0, 0.1) is 20.8 Å². The Kier molecular flexibility index (Phi) is 6.58. The zero-order valence-electron chi connectivity index (χ0n) is 17.4. The van der Waals surface area contributed by atoms with Crippen molar-refractivity contribution < 1.29 is 18.0 Å². The summed E-state index contributed by atoms with van der Waals surface area (Å²) in [6.45, 7) is 6.02. The number of hydrogen-bond donors (Lipinski definition) is 2. The van der Waals surface area contributed by atoms with Gasteiger partial charge in [0.15, 0.2) is 0 Å². The molecule has 1 atom stereocenters. The minimum absolute atomic E-state index is 0.0875. The van der Waals surface area contributed by atoms with Crippen molar-refractivity contribution in [1.29, 1.82) is 0 Å². The summed E-state index contributed by atoms with van der Waals surface area (Å²) in [5.41, 5.74) is 2.96. The normalized spacial score (nSPS) is 17.0. The summed E-state index contributed by atoms with van der Waals surface area (Å²) >= 11 is 0. The van der Waals surface area contributed by atoms with Gasteiger partial charge in [-0.05, 0) is 56.9 Å². The molecular weight excluding hydrogens is 402 g/mol. The lowest BCUT2D eigenvalue weighted by Gasteiger charge is -2.26. The van der Waals surface area contributed by atoms with E-state index in [1.54, 1.807) is 38.1 Å². The van der Waals surface area contributed by atoms with E-state index in [0.29, 0.717) is 41.1 Å². The molecule has 2 aromatic rings. The molecule has 2 N–H and O–H groups in total. The van der Waals surface area contributed by atoms with Gasteiger partial charge in [-0.2, -0.15) is 4.31 Å². The molecule has 1 fully saturated rings. The molecule has 8 heteroatoms. The standard InChI is InChI=1S/C22H27N3O4S/c1-15-12-16(2)20(17(3)13-15)30(28,29)25-11-7-10-19(25)14-23-21(26)22(27)24-18-8-5-4-6-9-18/h4-6,8-9,12-13,19H,7,10-11,14H2,1-3H3,(H,23,26)(H,24,27). The molecule has 2 aromatic carbocycles. The molecule has 0 aromatic heterocycles. The van der Waals surface area contributed by atoms with Crippen LogP contribution in [0.5, 0.6) is 0 Å². The molecule has 0 aliphatic carbocycles. The Labute approximate surface area is 177 Å². The average molecular weight is 430 g/mol. The summed E-state index contributed by atoms with van der Waals surface area (Å²) in [7, 11) is -3.70. The maximum atomic E-state index is 13.4. The first-order chi connectivity index (χ1) is 14.2. The molecule has 160 valence electrons. The van der Waals surface area contributed by atoms with Crippen molar-refractivity contribution in [2.75, 3.05) is 18.4 Å². The number of anilines is 1. The molecule has 0 bridgehead atoms. The van der Waals surface area contributed by atoms with Gasteiger partial charge in [0, 0.05) is 24.8 Å². The van der Waals surface area contributed by atoms with Gasteiger partial charge in [-0.1, -0.05) is 35.9 Å². The summed E-state index contributed by atoms with van der Waals surface area (Å²) in [5, 5.41) is 5.10. The first-order valence-corrected chi connectivity index (χ1v) is 11.4. The molecule has 1 saturated heterocycles. The molecule has 1 unspecified atom stereocenters. The van der Waals surface area contributed by atoms with Crippen LogP contribution >= 0.6 is 0 Å². The van der Waals surface area contributed by atoms with Gasteiger partial charge < -0.3 is 10.6 Å². The molecule has 30 heavy (non-hydrogen) atoms. The Morgan fingerprint density at radius 3 is 2.30 bits per heavy atom. The molecule has 0 saturated carbocycles. The SMILES string of the molecule is Cc1cc(C)c(S(=O)(=O)N2CCCC2CNC(=O)C(=O)Nc2ccccc2)c(C)c1. The maximum absolute atomic E-state index is 13.4. The van der Waals surface area contributed by atoms with Gasteiger partial charge in [-0.25, -0.2) is 8.42 Å². The highest BCUT2D eigenvalue weighted by atomic mass is 32.2. The summed E-state index contributed by atoms with van der Waals surface area (Å²) in [6, 6.07) is 12.0. The highest BCUT2D eigenvalue weighted by molar-refractivity contribution is 7.89. The predicted molar refractivity (Wildman–Crippen MR) is 116 cm³/mol. The van der Waals surface area contributed by atoms with E-state index in [-0.39, 0.29) is 12.6 Å². The molecule has 2 amide bonds. The molecular formula is C22H27N3O4S. The van der Waals surface area contributed by atoms with Crippen LogP contribution in [-0.4, -0.2) is 43.7 Å². The molecule has 3 rings (SSSR count). The smallest absolute Gasteiger partial charge is 0.313 e. The van der Waals surface area contributed by atoms with Gasteiger partial charge in [0.05, 0.1) is 4.90 Å². The van der Waals surface area contributed by atoms with Gasteiger partial charge in [0.2, 0.25) is 10.0 Å². The second kappa shape index (κ2) is 8.97. The van der Waals surface area contributed by atoms with Crippen molar-refractivity contribution >= 4 is 27.5 Å². The Balaban J connectivity index is 1.69. The third-order valence-electron chi connectivity index (χ3n) is 5.23. The van der Waals surface area contributed by atoms with Gasteiger partial charge in [-0.3, -0.25) is 9.59 Å². The Bertz CT molecular complexity index is 1030. The third kappa shape index (κ3) is 4.71. The first kappa shape index (κ1) is 22.0. The second-order valence-electron chi connectivity index (χ2n) is 7.67. The monoisotopic (exact) mass is 429 g/mol. The number of amides is 2. The Morgan fingerprint density at radius 2 is 1.67 bits per heavy atom. The highest BCUT2D eigenvalue weighted by Crippen LogP contribution is 2.30. The van der Waals surface area contributed by atoms with E-state index in [2.05, 4.69) is 10.6 Å².